The van der Waals surface area contributed by atoms with E-state index in [-0.39, 0.29) is 0 Å². The highest BCUT2D eigenvalue weighted by molar-refractivity contribution is 9.10. The third-order valence-electron chi connectivity index (χ3n) is 2.50. The van der Waals surface area contributed by atoms with Crippen LogP contribution in [-0.4, -0.2) is 7.11 Å². The van der Waals surface area contributed by atoms with E-state index >= 15 is 0 Å². The minimum absolute atomic E-state index is 0.668. The molecule has 2 aromatic carbocycles. The molecular weight excluding hydrogens is 278 g/mol. The van der Waals surface area contributed by atoms with Crippen molar-refractivity contribution in [1.82, 2.24) is 0 Å². The molecule has 84 valence electrons. The smallest absolute Gasteiger partial charge is 0.133 e. The first-order valence-corrected chi connectivity index (χ1v) is 5.88. The number of rotatable bonds is 2. The fourth-order valence-electron chi connectivity index (χ4n) is 1.58. The fourth-order valence-corrected chi connectivity index (χ4v) is 2.12. The molecule has 0 bridgehead atoms. The Labute approximate surface area is 109 Å². The summed E-state index contributed by atoms with van der Waals surface area (Å²) in [4.78, 5) is 0. The molecule has 0 aromatic heterocycles. The van der Waals surface area contributed by atoms with Gasteiger partial charge in [0, 0.05) is 0 Å². The topological polar surface area (TPSA) is 33.0 Å². The van der Waals surface area contributed by atoms with Gasteiger partial charge in [-0.05, 0) is 51.3 Å². The molecule has 0 atom stereocenters. The lowest BCUT2D eigenvalue weighted by Crippen LogP contribution is -1.85. The van der Waals surface area contributed by atoms with E-state index in [4.69, 9.17) is 10.00 Å². The Morgan fingerprint density at radius 2 is 1.71 bits per heavy atom. The van der Waals surface area contributed by atoms with E-state index in [0.29, 0.717) is 5.56 Å². The molecule has 0 spiro atoms. The zero-order chi connectivity index (χ0) is 12.3. The van der Waals surface area contributed by atoms with Crippen LogP contribution in [0.25, 0.3) is 11.1 Å². The number of benzene rings is 2. The largest absolute Gasteiger partial charge is 0.496 e. The van der Waals surface area contributed by atoms with Gasteiger partial charge in [-0.1, -0.05) is 18.2 Å². The minimum Gasteiger partial charge on any atom is -0.496 e. The standard InChI is InChI=1S/C14H10BrNO/c1-17-14-7-6-12(8-13(14)15)11-4-2-10(9-16)3-5-11/h2-8H,1H3. The molecule has 0 heterocycles. The van der Waals surface area contributed by atoms with E-state index in [1.165, 1.54) is 0 Å². The van der Waals surface area contributed by atoms with E-state index in [1.54, 1.807) is 7.11 Å². The Morgan fingerprint density at radius 1 is 1.06 bits per heavy atom. The number of hydrogen-bond donors (Lipinski definition) is 0. The summed E-state index contributed by atoms with van der Waals surface area (Å²) >= 11 is 3.46. The third kappa shape index (κ3) is 2.48. The van der Waals surface area contributed by atoms with Gasteiger partial charge in [-0.15, -0.1) is 0 Å². The van der Waals surface area contributed by atoms with Crippen molar-refractivity contribution >= 4 is 15.9 Å². The first-order valence-electron chi connectivity index (χ1n) is 5.08. The van der Waals surface area contributed by atoms with Crippen LogP contribution in [0.3, 0.4) is 0 Å². The normalized spacial score (nSPS) is 9.71. The number of halogens is 1. The van der Waals surface area contributed by atoms with Crippen molar-refractivity contribution < 1.29 is 4.74 Å². The second-order valence-corrected chi connectivity index (χ2v) is 4.39. The van der Waals surface area contributed by atoms with Gasteiger partial charge in [0.25, 0.3) is 0 Å². The van der Waals surface area contributed by atoms with Gasteiger partial charge >= 0.3 is 0 Å². The van der Waals surface area contributed by atoms with Gasteiger partial charge in [-0.3, -0.25) is 0 Å². The summed E-state index contributed by atoms with van der Waals surface area (Å²) in [5.74, 6) is 0.808. The summed E-state index contributed by atoms with van der Waals surface area (Å²) < 4.78 is 6.10. The molecule has 0 amide bonds. The third-order valence-corrected chi connectivity index (χ3v) is 3.12. The summed E-state index contributed by atoms with van der Waals surface area (Å²) in [5.41, 5.74) is 2.83. The molecule has 0 radical (unpaired) electrons. The predicted octanol–water partition coefficient (Wildman–Crippen LogP) is 4.00. The molecule has 0 unspecified atom stereocenters. The molecule has 0 saturated heterocycles. The lowest BCUT2D eigenvalue weighted by molar-refractivity contribution is 0.412. The van der Waals surface area contributed by atoms with Crippen molar-refractivity contribution in [2.75, 3.05) is 7.11 Å². The lowest BCUT2D eigenvalue weighted by atomic mass is 10.0. The molecule has 0 aliphatic heterocycles. The van der Waals surface area contributed by atoms with Crippen LogP contribution in [-0.2, 0) is 0 Å². The second-order valence-electron chi connectivity index (χ2n) is 3.54. The maximum Gasteiger partial charge on any atom is 0.133 e. The first-order chi connectivity index (χ1) is 8.24. The monoisotopic (exact) mass is 287 g/mol. The van der Waals surface area contributed by atoms with Gasteiger partial charge < -0.3 is 4.74 Å². The van der Waals surface area contributed by atoms with Gasteiger partial charge in [0.1, 0.15) is 5.75 Å². The number of ether oxygens (including phenoxy) is 1. The summed E-state index contributed by atoms with van der Waals surface area (Å²) in [6, 6.07) is 15.5. The van der Waals surface area contributed by atoms with Crippen molar-refractivity contribution in [2.24, 2.45) is 0 Å². The van der Waals surface area contributed by atoms with E-state index in [2.05, 4.69) is 22.0 Å². The number of methoxy groups -OCH3 is 1. The summed E-state index contributed by atoms with van der Waals surface area (Å²) in [6.45, 7) is 0. The average Bonchev–Trinajstić information content (AvgIpc) is 2.39. The molecule has 2 aromatic rings. The number of nitrogens with zero attached hydrogens (tertiary/aromatic N) is 1. The van der Waals surface area contributed by atoms with Crippen LogP contribution in [0.2, 0.25) is 0 Å². The Hall–Kier alpha value is -1.79. The van der Waals surface area contributed by atoms with E-state index < -0.39 is 0 Å². The Kier molecular flexibility index (Phi) is 3.46. The molecule has 2 nitrogen and oxygen atoms in total. The maximum absolute atomic E-state index is 8.74. The molecule has 0 aliphatic carbocycles. The number of nitriles is 1. The average molecular weight is 288 g/mol. The molecule has 0 fully saturated rings. The van der Waals surface area contributed by atoms with Gasteiger partial charge in [-0.2, -0.15) is 5.26 Å². The van der Waals surface area contributed by atoms with Gasteiger partial charge in [0.2, 0.25) is 0 Å². The molecule has 2 rings (SSSR count). The SMILES string of the molecule is COc1ccc(-c2ccc(C#N)cc2)cc1Br. The summed E-state index contributed by atoms with van der Waals surface area (Å²) in [5, 5.41) is 8.74. The first kappa shape index (κ1) is 11.7. The van der Waals surface area contributed by atoms with Crippen molar-refractivity contribution in [2.45, 2.75) is 0 Å². The maximum atomic E-state index is 8.74. The van der Waals surface area contributed by atoms with E-state index in [1.807, 2.05) is 42.5 Å². The lowest BCUT2D eigenvalue weighted by Gasteiger charge is -2.06. The molecule has 17 heavy (non-hydrogen) atoms. The highest BCUT2D eigenvalue weighted by Gasteiger charge is 2.03. The molecular formula is C14H10BrNO. The van der Waals surface area contributed by atoms with Crippen LogP contribution in [0.15, 0.2) is 46.9 Å². The fraction of sp³-hybridized carbons (Fsp3) is 0.0714. The molecule has 0 N–H and O–H groups in total. The van der Waals surface area contributed by atoms with Gasteiger partial charge in [0.05, 0.1) is 23.2 Å². The quantitative estimate of drug-likeness (QED) is 0.837. The van der Waals surface area contributed by atoms with Crippen LogP contribution >= 0.6 is 15.9 Å². The highest BCUT2D eigenvalue weighted by Crippen LogP contribution is 2.30. The number of hydrogen-bond acceptors (Lipinski definition) is 2. The molecule has 0 saturated carbocycles. The van der Waals surface area contributed by atoms with Crippen molar-refractivity contribution in [3.63, 3.8) is 0 Å². The van der Waals surface area contributed by atoms with Crippen LogP contribution < -0.4 is 4.74 Å². The van der Waals surface area contributed by atoms with Crippen molar-refractivity contribution in [3.05, 3.63) is 52.5 Å². The van der Waals surface area contributed by atoms with E-state index in [9.17, 15) is 0 Å². The van der Waals surface area contributed by atoms with Crippen LogP contribution in [0.4, 0.5) is 0 Å². The highest BCUT2D eigenvalue weighted by atomic mass is 79.9. The van der Waals surface area contributed by atoms with Crippen LogP contribution in [0.1, 0.15) is 5.56 Å². The van der Waals surface area contributed by atoms with Crippen LogP contribution in [0, 0.1) is 11.3 Å². The van der Waals surface area contributed by atoms with Gasteiger partial charge in [-0.25, -0.2) is 0 Å². The minimum atomic E-state index is 0.668. The predicted molar refractivity (Wildman–Crippen MR) is 70.8 cm³/mol. The van der Waals surface area contributed by atoms with Crippen LogP contribution in [0.5, 0.6) is 5.75 Å². The van der Waals surface area contributed by atoms with E-state index in [0.717, 1.165) is 21.3 Å². The molecule has 0 aliphatic rings. The van der Waals surface area contributed by atoms with Crippen molar-refractivity contribution in [3.8, 4) is 22.9 Å². The zero-order valence-electron chi connectivity index (χ0n) is 9.27. The Morgan fingerprint density at radius 3 is 2.24 bits per heavy atom. The zero-order valence-corrected chi connectivity index (χ0v) is 10.9. The van der Waals surface area contributed by atoms with Crippen molar-refractivity contribution in [1.29, 1.82) is 5.26 Å². The summed E-state index contributed by atoms with van der Waals surface area (Å²) in [7, 11) is 1.64. The van der Waals surface area contributed by atoms with Gasteiger partial charge in [0.15, 0.2) is 0 Å². The Balaban J connectivity index is 2.40. The summed E-state index contributed by atoms with van der Waals surface area (Å²) in [6.07, 6.45) is 0. The molecule has 3 heteroatoms. The Bertz CT molecular complexity index is 570. The second kappa shape index (κ2) is 5.03.